The lowest BCUT2D eigenvalue weighted by atomic mass is 9.94. The van der Waals surface area contributed by atoms with Crippen LogP contribution in [-0.2, 0) is 24.3 Å². The first-order valence-corrected chi connectivity index (χ1v) is 14.4. The van der Waals surface area contributed by atoms with Gasteiger partial charge in [0.15, 0.2) is 0 Å². The molecule has 1 aromatic heterocycles. The number of amides is 1. The Morgan fingerprint density at radius 1 is 1.19 bits per heavy atom. The van der Waals surface area contributed by atoms with Gasteiger partial charge in [-0.05, 0) is 56.0 Å². The minimum absolute atomic E-state index is 0.0664. The SMILES string of the molecule is CCOC(=O)C1CN(S(=O)(=O)c2ccc(Br)cc2)CC(=O)N1CC1CCN(c2ccncc2Cl)CC1. The number of carbonyl (C=O) groups is 2. The number of carbonyl (C=O) groups excluding carboxylic acids is 2. The summed E-state index contributed by atoms with van der Waals surface area (Å²) >= 11 is 9.59. The number of sulfonamides is 1. The summed E-state index contributed by atoms with van der Waals surface area (Å²) in [6, 6.07) is 7.08. The number of anilines is 1. The molecule has 0 saturated carbocycles. The van der Waals surface area contributed by atoms with Crippen molar-refractivity contribution in [1.29, 1.82) is 0 Å². The first-order chi connectivity index (χ1) is 17.2. The van der Waals surface area contributed by atoms with Crippen molar-refractivity contribution < 1.29 is 22.7 Å². The molecular formula is C24H28BrClN4O5S. The summed E-state index contributed by atoms with van der Waals surface area (Å²) in [6.07, 6.45) is 4.93. The summed E-state index contributed by atoms with van der Waals surface area (Å²) in [5, 5.41) is 0.594. The summed E-state index contributed by atoms with van der Waals surface area (Å²) in [7, 11) is -3.96. The normalized spacial score (nSPS) is 20.0. The lowest BCUT2D eigenvalue weighted by Crippen LogP contribution is -2.61. The van der Waals surface area contributed by atoms with Gasteiger partial charge in [-0.1, -0.05) is 27.5 Å². The summed E-state index contributed by atoms with van der Waals surface area (Å²) in [6.45, 7) is 3.24. The number of pyridine rings is 1. The molecule has 12 heteroatoms. The summed E-state index contributed by atoms with van der Waals surface area (Å²) in [4.78, 5) is 33.9. The average Bonchev–Trinajstić information content (AvgIpc) is 2.86. The van der Waals surface area contributed by atoms with E-state index < -0.39 is 27.9 Å². The molecule has 1 amide bonds. The van der Waals surface area contributed by atoms with Crippen LogP contribution in [0, 0.1) is 5.92 Å². The lowest BCUT2D eigenvalue weighted by molar-refractivity contribution is -0.158. The van der Waals surface area contributed by atoms with Crippen LogP contribution >= 0.6 is 27.5 Å². The molecule has 2 fully saturated rings. The second kappa shape index (κ2) is 11.5. The molecule has 0 radical (unpaired) electrons. The van der Waals surface area contributed by atoms with Gasteiger partial charge in [-0.3, -0.25) is 9.78 Å². The molecule has 0 N–H and O–H groups in total. The molecule has 2 aromatic rings. The number of aromatic nitrogens is 1. The van der Waals surface area contributed by atoms with Gasteiger partial charge in [0, 0.05) is 43.0 Å². The molecule has 1 atom stereocenters. The molecule has 0 spiro atoms. The highest BCUT2D eigenvalue weighted by molar-refractivity contribution is 9.10. The van der Waals surface area contributed by atoms with E-state index in [9.17, 15) is 18.0 Å². The largest absolute Gasteiger partial charge is 0.464 e. The molecule has 0 bridgehead atoms. The first-order valence-electron chi connectivity index (χ1n) is 11.8. The third-order valence-electron chi connectivity index (χ3n) is 6.56. The van der Waals surface area contributed by atoms with E-state index in [0.29, 0.717) is 11.6 Å². The summed E-state index contributed by atoms with van der Waals surface area (Å²) < 4.78 is 33.5. The van der Waals surface area contributed by atoms with Crippen LogP contribution in [0.4, 0.5) is 5.69 Å². The van der Waals surface area contributed by atoms with Crippen molar-refractivity contribution in [3.05, 3.63) is 52.2 Å². The zero-order valence-corrected chi connectivity index (χ0v) is 23.0. The summed E-state index contributed by atoms with van der Waals surface area (Å²) in [5.41, 5.74) is 0.928. The first kappa shape index (κ1) is 26.8. The van der Waals surface area contributed by atoms with Gasteiger partial charge >= 0.3 is 5.97 Å². The molecule has 1 unspecified atom stereocenters. The van der Waals surface area contributed by atoms with E-state index in [1.807, 2.05) is 6.07 Å². The smallest absolute Gasteiger partial charge is 0.330 e. The predicted molar refractivity (Wildman–Crippen MR) is 139 cm³/mol. The maximum atomic E-state index is 13.2. The monoisotopic (exact) mass is 598 g/mol. The molecule has 2 aliphatic rings. The number of hydrogen-bond donors (Lipinski definition) is 0. The van der Waals surface area contributed by atoms with E-state index in [0.717, 1.165) is 40.4 Å². The minimum Gasteiger partial charge on any atom is -0.464 e. The van der Waals surface area contributed by atoms with Crippen LogP contribution in [0.2, 0.25) is 5.02 Å². The van der Waals surface area contributed by atoms with E-state index >= 15 is 0 Å². The fraction of sp³-hybridized carbons (Fsp3) is 0.458. The second-order valence-electron chi connectivity index (χ2n) is 8.82. The van der Waals surface area contributed by atoms with Gasteiger partial charge in [0.2, 0.25) is 15.9 Å². The van der Waals surface area contributed by atoms with Crippen LogP contribution in [0.5, 0.6) is 0 Å². The van der Waals surface area contributed by atoms with Crippen LogP contribution in [0.1, 0.15) is 19.8 Å². The topological polar surface area (TPSA) is 100 Å². The molecule has 9 nitrogen and oxygen atoms in total. The van der Waals surface area contributed by atoms with Gasteiger partial charge in [-0.2, -0.15) is 4.31 Å². The Morgan fingerprint density at radius 3 is 2.53 bits per heavy atom. The number of esters is 1. The zero-order valence-electron chi connectivity index (χ0n) is 19.8. The van der Waals surface area contributed by atoms with Gasteiger partial charge in [0.05, 0.1) is 28.8 Å². The van der Waals surface area contributed by atoms with Crippen molar-refractivity contribution in [1.82, 2.24) is 14.2 Å². The van der Waals surface area contributed by atoms with E-state index in [1.165, 1.54) is 17.0 Å². The summed E-state index contributed by atoms with van der Waals surface area (Å²) in [5.74, 6) is -0.834. The highest BCUT2D eigenvalue weighted by Gasteiger charge is 2.43. The quantitative estimate of drug-likeness (QED) is 0.451. The molecular weight excluding hydrogens is 572 g/mol. The molecule has 2 saturated heterocycles. The van der Waals surface area contributed by atoms with E-state index in [4.69, 9.17) is 16.3 Å². The number of rotatable bonds is 7. The van der Waals surface area contributed by atoms with Crippen LogP contribution in [0.3, 0.4) is 0 Å². The Morgan fingerprint density at radius 2 is 1.89 bits per heavy atom. The molecule has 0 aliphatic carbocycles. The van der Waals surface area contributed by atoms with Gasteiger partial charge in [-0.25, -0.2) is 13.2 Å². The Labute approximate surface area is 224 Å². The fourth-order valence-electron chi connectivity index (χ4n) is 4.64. The van der Waals surface area contributed by atoms with Gasteiger partial charge in [0.1, 0.15) is 6.04 Å². The second-order valence-corrected chi connectivity index (χ2v) is 12.1. The van der Waals surface area contributed by atoms with Crippen LogP contribution in [0.15, 0.2) is 52.1 Å². The maximum absolute atomic E-state index is 13.2. The Balaban J connectivity index is 1.47. The Bertz CT molecular complexity index is 1210. The van der Waals surface area contributed by atoms with E-state index in [2.05, 4.69) is 25.8 Å². The molecule has 36 heavy (non-hydrogen) atoms. The number of hydrogen-bond acceptors (Lipinski definition) is 7. The highest BCUT2D eigenvalue weighted by Crippen LogP contribution is 2.30. The van der Waals surface area contributed by atoms with Crippen molar-refractivity contribution in [2.45, 2.75) is 30.7 Å². The van der Waals surface area contributed by atoms with Gasteiger partial charge < -0.3 is 14.5 Å². The number of piperidine rings is 1. The number of halogens is 2. The Kier molecular flexibility index (Phi) is 8.54. The number of nitrogens with zero attached hydrogens (tertiary/aromatic N) is 4. The zero-order chi connectivity index (χ0) is 25.9. The van der Waals surface area contributed by atoms with Crippen molar-refractivity contribution in [2.24, 2.45) is 5.92 Å². The average molecular weight is 600 g/mol. The molecule has 4 rings (SSSR count). The van der Waals surface area contributed by atoms with Crippen molar-refractivity contribution in [2.75, 3.05) is 44.2 Å². The lowest BCUT2D eigenvalue weighted by Gasteiger charge is -2.42. The number of piperazine rings is 1. The molecule has 1 aromatic carbocycles. The van der Waals surface area contributed by atoms with Crippen LogP contribution in [0.25, 0.3) is 0 Å². The highest BCUT2D eigenvalue weighted by atomic mass is 79.9. The van der Waals surface area contributed by atoms with E-state index in [1.54, 1.807) is 31.5 Å². The number of benzene rings is 1. The standard InChI is InChI=1S/C24H28BrClN4O5S/c1-2-35-24(32)22-15-29(36(33,34)19-5-3-18(25)4-6-19)16-23(31)30(22)14-17-8-11-28(12-9-17)21-7-10-27-13-20(21)26/h3-7,10,13,17,22H,2,8-9,11-12,14-16H2,1H3. The van der Waals surface area contributed by atoms with Crippen molar-refractivity contribution >= 4 is 55.1 Å². The van der Waals surface area contributed by atoms with Crippen LogP contribution in [-0.4, -0.2) is 79.9 Å². The fourth-order valence-corrected chi connectivity index (χ4v) is 6.54. The third-order valence-corrected chi connectivity index (χ3v) is 9.20. The molecule has 194 valence electrons. The van der Waals surface area contributed by atoms with Crippen molar-refractivity contribution in [3.8, 4) is 0 Å². The van der Waals surface area contributed by atoms with E-state index in [-0.39, 0.29) is 30.5 Å². The molecule has 3 heterocycles. The minimum atomic E-state index is -3.96. The Hall–Kier alpha value is -2.21. The third kappa shape index (κ3) is 5.85. The van der Waals surface area contributed by atoms with Gasteiger partial charge in [0.25, 0.3) is 0 Å². The maximum Gasteiger partial charge on any atom is 0.330 e. The molecule has 2 aliphatic heterocycles. The van der Waals surface area contributed by atoms with Crippen molar-refractivity contribution in [3.63, 3.8) is 0 Å². The van der Waals surface area contributed by atoms with Gasteiger partial charge in [-0.15, -0.1) is 0 Å². The predicted octanol–water partition coefficient (Wildman–Crippen LogP) is 3.18. The van der Waals surface area contributed by atoms with Crippen LogP contribution < -0.4 is 4.90 Å². The number of ether oxygens (including phenoxy) is 1.